The molecule has 0 saturated carbocycles. The lowest BCUT2D eigenvalue weighted by molar-refractivity contribution is 0.690. The first kappa shape index (κ1) is 10.5. The fourth-order valence-electron chi connectivity index (χ4n) is 1.38. The van der Waals surface area contributed by atoms with E-state index in [1.54, 1.807) is 6.20 Å². The molecule has 1 rings (SSSR count). The van der Waals surface area contributed by atoms with Gasteiger partial charge in [-0.1, -0.05) is 0 Å². The van der Waals surface area contributed by atoms with Crippen LogP contribution in [0.25, 0.3) is 0 Å². The summed E-state index contributed by atoms with van der Waals surface area (Å²) in [6, 6.07) is 2.37. The number of anilines is 1. The van der Waals surface area contributed by atoms with E-state index in [1.807, 2.05) is 17.9 Å². The van der Waals surface area contributed by atoms with Crippen LogP contribution in [0, 0.1) is 11.3 Å². The Balaban J connectivity index is 3.10. The van der Waals surface area contributed by atoms with Crippen molar-refractivity contribution in [3.05, 3.63) is 18.1 Å². The molecule has 0 amide bonds. The molecule has 0 aliphatic carbocycles. The molecule has 4 heteroatoms. The Morgan fingerprint density at radius 3 is 2.57 bits per heavy atom. The van der Waals surface area contributed by atoms with Crippen LogP contribution >= 0.6 is 0 Å². The van der Waals surface area contributed by atoms with Gasteiger partial charge in [0.15, 0.2) is 11.5 Å². The van der Waals surface area contributed by atoms with Crippen LogP contribution in [0.2, 0.25) is 0 Å². The summed E-state index contributed by atoms with van der Waals surface area (Å²) in [7, 11) is 0. The third-order valence-corrected chi connectivity index (χ3v) is 2.02. The Labute approximate surface area is 84.2 Å². The molecule has 0 saturated heterocycles. The molecule has 14 heavy (non-hydrogen) atoms. The molecule has 1 aromatic rings. The number of rotatable bonds is 3. The summed E-state index contributed by atoms with van der Waals surface area (Å²) in [4.78, 5) is 10.2. The van der Waals surface area contributed by atoms with Gasteiger partial charge in [-0.25, -0.2) is 9.97 Å². The van der Waals surface area contributed by atoms with Crippen molar-refractivity contribution < 1.29 is 0 Å². The Bertz CT molecular complexity index is 340. The predicted molar refractivity (Wildman–Crippen MR) is 54.9 cm³/mol. The lowest BCUT2D eigenvalue weighted by Gasteiger charge is -2.26. The Morgan fingerprint density at radius 2 is 2.07 bits per heavy atom. The largest absolute Gasteiger partial charge is 0.352 e. The zero-order valence-electron chi connectivity index (χ0n) is 8.73. The van der Waals surface area contributed by atoms with Crippen molar-refractivity contribution in [1.29, 1.82) is 5.26 Å². The standard InChI is InChI=1S/C10H14N4/c1-4-14(8(2)3)10-9(7-11)12-5-6-13-10/h5-6,8H,4H2,1-3H3. The first-order valence-electron chi connectivity index (χ1n) is 4.68. The third-order valence-electron chi connectivity index (χ3n) is 2.02. The first-order valence-corrected chi connectivity index (χ1v) is 4.68. The van der Waals surface area contributed by atoms with E-state index in [1.165, 1.54) is 6.20 Å². The predicted octanol–water partition coefficient (Wildman–Crippen LogP) is 1.58. The maximum Gasteiger partial charge on any atom is 0.183 e. The minimum absolute atomic E-state index is 0.323. The van der Waals surface area contributed by atoms with E-state index in [0.29, 0.717) is 17.6 Å². The minimum atomic E-state index is 0.323. The summed E-state index contributed by atoms with van der Waals surface area (Å²) in [6.45, 7) is 7.00. The summed E-state index contributed by atoms with van der Waals surface area (Å²) < 4.78 is 0. The lowest BCUT2D eigenvalue weighted by Crippen LogP contribution is -2.32. The van der Waals surface area contributed by atoms with Crippen molar-refractivity contribution in [2.75, 3.05) is 11.4 Å². The van der Waals surface area contributed by atoms with Crippen LogP contribution in [0.3, 0.4) is 0 Å². The van der Waals surface area contributed by atoms with Crippen LogP contribution in [0.15, 0.2) is 12.4 Å². The van der Waals surface area contributed by atoms with Gasteiger partial charge in [0, 0.05) is 25.0 Å². The average molecular weight is 190 g/mol. The van der Waals surface area contributed by atoms with Crippen molar-refractivity contribution in [3.63, 3.8) is 0 Å². The van der Waals surface area contributed by atoms with Crippen LogP contribution in [-0.2, 0) is 0 Å². The quantitative estimate of drug-likeness (QED) is 0.726. The lowest BCUT2D eigenvalue weighted by atomic mass is 10.3. The summed E-state index contributed by atoms with van der Waals surface area (Å²) in [5.41, 5.74) is 0.392. The SMILES string of the molecule is CCN(c1nccnc1C#N)C(C)C. The molecule has 0 aromatic carbocycles. The second-order valence-electron chi connectivity index (χ2n) is 3.22. The average Bonchev–Trinajstić information content (AvgIpc) is 2.19. The highest BCUT2D eigenvalue weighted by molar-refractivity contribution is 5.49. The van der Waals surface area contributed by atoms with Crippen molar-refractivity contribution in [2.24, 2.45) is 0 Å². The zero-order chi connectivity index (χ0) is 10.6. The molecule has 0 N–H and O–H groups in total. The van der Waals surface area contributed by atoms with Gasteiger partial charge >= 0.3 is 0 Å². The molecule has 0 aliphatic heterocycles. The highest BCUT2D eigenvalue weighted by Gasteiger charge is 2.14. The normalized spacial score (nSPS) is 9.93. The van der Waals surface area contributed by atoms with E-state index in [4.69, 9.17) is 5.26 Å². The summed E-state index contributed by atoms with van der Waals surface area (Å²) in [5, 5.41) is 8.87. The molecular formula is C10H14N4. The third kappa shape index (κ3) is 1.99. The van der Waals surface area contributed by atoms with Gasteiger partial charge in [-0.05, 0) is 20.8 Å². The summed E-state index contributed by atoms with van der Waals surface area (Å²) in [5.74, 6) is 0.674. The Kier molecular flexibility index (Phi) is 3.41. The number of nitriles is 1. The molecule has 1 aromatic heterocycles. The van der Waals surface area contributed by atoms with Crippen LogP contribution in [0.5, 0.6) is 0 Å². The summed E-state index contributed by atoms with van der Waals surface area (Å²) >= 11 is 0. The van der Waals surface area contributed by atoms with Crippen LogP contribution in [-0.4, -0.2) is 22.6 Å². The molecule has 0 bridgehead atoms. The van der Waals surface area contributed by atoms with E-state index in [2.05, 4.69) is 23.8 Å². The van der Waals surface area contributed by atoms with Crippen molar-refractivity contribution in [1.82, 2.24) is 9.97 Å². The van der Waals surface area contributed by atoms with Gasteiger partial charge < -0.3 is 4.90 Å². The molecule has 0 fully saturated rings. The molecule has 4 nitrogen and oxygen atoms in total. The highest BCUT2D eigenvalue weighted by Crippen LogP contribution is 2.15. The van der Waals surface area contributed by atoms with E-state index in [-0.39, 0.29) is 0 Å². The number of hydrogen-bond acceptors (Lipinski definition) is 4. The van der Waals surface area contributed by atoms with Gasteiger partial charge in [0.25, 0.3) is 0 Å². The molecule has 0 spiro atoms. The van der Waals surface area contributed by atoms with E-state index < -0.39 is 0 Å². The maximum absolute atomic E-state index is 8.87. The van der Waals surface area contributed by atoms with Gasteiger partial charge in [-0.15, -0.1) is 0 Å². The van der Waals surface area contributed by atoms with E-state index >= 15 is 0 Å². The zero-order valence-corrected chi connectivity index (χ0v) is 8.73. The Morgan fingerprint density at radius 1 is 1.43 bits per heavy atom. The highest BCUT2D eigenvalue weighted by atomic mass is 15.2. The van der Waals surface area contributed by atoms with Crippen molar-refractivity contribution in [3.8, 4) is 6.07 Å². The van der Waals surface area contributed by atoms with Crippen LogP contribution in [0.1, 0.15) is 26.5 Å². The fourth-order valence-corrected chi connectivity index (χ4v) is 1.38. The smallest absolute Gasteiger partial charge is 0.183 e. The van der Waals surface area contributed by atoms with E-state index in [9.17, 15) is 0 Å². The molecule has 0 aliphatic rings. The minimum Gasteiger partial charge on any atom is -0.352 e. The second kappa shape index (κ2) is 4.56. The van der Waals surface area contributed by atoms with Gasteiger partial charge in [0.05, 0.1) is 0 Å². The van der Waals surface area contributed by atoms with Gasteiger partial charge in [-0.2, -0.15) is 5.26 Å². The molecular weight excluding hydrogens is 176 g/mol. The van der Waals surface area contributed by atoms with Gasteiger partial charge in [-0.3, -0.25) is 0 Å². The fraction of sp³-hybridized carbons (Fsp3) is 0.500. The second-order valence-corrected chi connectivity index (χ2v) is 3.22. The van der Waals surface area contributed by atoms with Gasteiger partial charge in [0.1, 0.15) is 6.07 Å². The molecule has 0 atom stereocenters. The monoisotopic (exact) mass is 190 g/mol. The van der Waals surface area contributed by atoms with Crippen molar-refractivity contribution >= 4 is 5.82 Å². The number of nitrogens with zero attached hydrogens (tertiary/aromatic N) is 4. The maximum atomic E-state index is 8.87. The van der Waals surface area contributed by atoms with Gasteiger partial charge in [0.2, 0.25) is 0 Å². The summed E-state index contributed by atoms with van der Waals surface area (Å²) in [6.07, 6.45) is 3.15. The molecule has 0 radical (unpaired) electrons. The number of hydrogen-bond donors (Lipinski definition) is 0. The first-order chi connectivity index (χ1) is 6.70. The molecule has 0 unspecified atom stereocenters. The van der Waals surface area contributed by atoms with Crippen LogP contribution in [0.4, 0.5) is 5.82 Å². The topological polar surface area (TPSA) is 52.8 Å². The molecule has 74 valence electrons. The van der Waals surface area contributed by atoms with Crippen molar-refractivity contribution in [2.45, 2.75) is 26.8 Å². The van der Waals surface area contributed by atoms with E-state index in [0.717, 1.165) is 6.54 Å². The van der Waals surface area contributed by atoms with Crippen LogP contribution < -0.4 is 4.90 Å². The number of aromatic nitrogens is 2. The Hall–Kier alpha value is -1.63. The molecule has 1 heterocycles.